The summed E-state index contributed by atoms with van der Waals surface area (Å²) in [5, 5.41) is 0.668. The van der Waals surface area contributed by atoms with Crippen LogP contribution in [0.4, 0.5) is 5.13 Å². The first kappa shape index (κ1) is 19.3. The van der Waals surface area contributed by atoms with E-state index < -0.39 is 10.0 Å². The Hall–Kier alpha value is -2.00. The molecule has 0 radical (unpaired) electrons. The number of nitrogens with one attached hydrogen (secondary N) is 1. The quantitative estimate of drug-likeness (QED) is 0.625. The summed E-state index contributed by atoms with van der Waals surface area (Å²) in [5.74, 6) is 0. The summed E-state index contributed by atoms with van der Waals surface area (Å²) in [5.41, 5.74) is 2.22. The third-order valence-electron chi connectivity index (χ3n) is 4.84. The van der Waals surface area contributed by atoms with Gasteiger partial charge >= 0.3 is 0 Å². The Morgan fingerprint density at radius 2 is 2.04 bits per heavy atom. The second-order valence-corrected chi connectivity index (χ2v) is 9.51. The molecular formula is C19H19ClN4O2S2. The maximum Gasteiger partial charge on any atom is 0.263 e. The molecule has 1 fully saturated rings. The number of hydrogen-bond donors (Lipinski definition) is 1. The molecule has 1 aliphatic heterocycles. The van der Waals surface area contributed by atoms with Gasteiger partial charge in [0.15, 0.2) is 0 Å². The van der Waals surface area contributed by atoms with Crippen molar-refractivity contribution in [1.82, 2.24) is 14.3 Å². The summed E-state index contributed by atoms with van der Waals surface area (Å²) < 4.78 is 31.2. The normalized spacial score (nSPS) is 17.7. The van der Waals surface area contributed by atoms with Crippen molar-refractivity contribution in [3.63, 3.8) is 0 Å². The van der Waals surface area contributed by atoms with Gasteiger partial charge in [0.05, 0.1) is 4.90 Å². The summed E-state index contributed by atoms with van der Waals surface area (Å²) in [6.07, 6.45) is 3.55. The topological polar surface area (TPSA) is 75.2 Å². The van der Waals surface area contributed by atoms with E-state index in [4.69, 9.17) is 11.6 Å². The average molecular weight is 435 g/mol. The second-order valence-electron chi connectivity index (χ2n) is 6.64. The van der Waals surface area contributed by atoms with E-state index in [-0.39, 0.29) is 10.0 Å². The van der Waals surface area contributed by atoms with Crippen molar-refractivity contribution in [3.8, 4) is 0 Å². The van der Waals surface area contributed by atoms with Crippen molar-refractivity contribution in [2.75, 3.05) is 11.3 Å². The van der Waals surface area contributed by atoms with Gasteiger partial charge < -0.3 is 0 Å². The number of anilines is 1. The van der Waals surface area contributed by atoms with Gasteiger partial charge in [-0.2, -0.15) is 4.37 Å². The first-order chi connectivity index (χ1) is 13.5. The van der Waals surface area contributed by atoms with Gasteiger partial charge in [0.25, 0.3) is 10.0 Å². The number of halogens is 1. The van der Waals surface area contributed by atoms with Gasteiger partial charge in [-0.05, 0) is 42.6 Å². The first-order valence-corrected chi connectivity index (χ1v) is 11.5. The molecule has 1 aromatic heterocycles. The van der Waals surface area contributed by atoms with E-state index in [9.17, 15) is 8.42 Å². The van der Waals surface area contributed by atoms with Crippen LogP contribution in [0, 0.1) is 0 Å². The Kier molecular flexibility index (Phi) is 5.63. The zero-order chi connectivity index (χ0) is 19.6. The largest absolute Gasteiger partial charge is 0.292 e. The first-order valence-electron chi connectivity index (χ1n) is 8.90. The molecule has 2 heterocycles. The highest BCUT2D eigenvalue weighted by atomic mass is 35.5. The summed E-state index contributed by atoms with van der Waals surface area (Å²) in [4.78, 5) is 6.35. The summed E-state index contributed by atoms with van der Waals surface area (Å²) in [6.45, 7) is 1.68. The fourth-order valence-corrected chi connectivity index (χ4v) is 5.49. The van der Waals surface area contributed by atoms with Crippen molar-refractivity contribution >= 4 is 38.3 Å². The molecule has 3 aromatic rings. The molecule has 146 valence electrons. The number of aromatic nitrogens is 2. The molecule has 6 nitrogen and oxygen atoms in total. The highest BCUT2D eigenvalue weighted by Crippen LogP contribution is 2.34. The van der Waals surface area contributed by atoms with Gasteiger partial charge in [-0.15, -0.1) is 0 Å². The van der Waals surface area contributed by atoms with Crippen molar-refractivity contribution in [1.29, 1.82) is 0 Å². The average Bonchev–Trinajstić information content (AvgIpc) is 3.35. The van der Waals surface area contributed by atoms with Gasteiger partial charge in [0.1, 0.15) is 6.33 Å². The molecule has 1 saturated heterocycles. The van der Waals surface area contributed by atoms with E-state index in [1.165, 1.54) is 18.0 Å². The molecule has 0 bridgehead atoms. The highest BCUT2D eigenvalue weighted by molar-refractivity contribution is 7.93. The van der Waals surface area contributed by atoms with Crippen molar-refractivity contribution in [2.45, 2.75) is 30.3 Å². The van der Waals surface area contributed by atoms with Crippen LogP contribution in [0.5, 0.6) is 0 Å². The van der Waals surface area contributed by atoms with Crippen LogP contribution in [0.3, 0.4) is 0 Å². The predicted octanol–water partition coefficient (Wildman–Crippen LogP) is 4.33. The van der Waals surface area contributed by atoms with Gasteiger partial charge in [-0.1, -0.05) is 48.0 Å². The molecule has 0 saturated carbocycles. The van der Waals surface area contributed by atoms with Crippen LogP contribution in [0.1, 0.15) is 30.0 Å². The lowest BCUT2D eigenvalue weighted by Crippen LogP contribution is -2.23. The van der Waals surface area contributed by atoms with Crippen LogP contribution in [0.25, 0.3) is 0 Å². The Morgan fingerprint density at radius 1 is 1.21 bits per heavy atom. The summed E-state index contributed by atoms with van der Waals surface area (Å²) in [6, 6.07) is 15.7. The van der Waals surface area contributed by atoms with E-state index in [1.807, 2.05) is 6.07 Å². The van der Waals surface area contributed by atoms with E-state index in [0.29, 0.717) is 17.6 Å². The molecule has 1 aliphatic rings. The fourth-order valence-electron chi connectivity index (χ4n) is 3.50. The van der Waals surface area contributed by atoms with Crippen molar-refractivity contribution in [2.24, 2.45) is 0 Å². The summed E-state index contributed by atoms with van der Waals surface area (Å²) in [7, 11) is -3.74. The minimum absolute atomic E-state index is 0.109. The van der Waals surface area contributed by atoms with E-state index in [0.717, 1.165) is 36.5 Å². The minimum Gasteiger partial charge on any atom is -0.292 e. The van der Waals surface area contributed by atoms with Crippen LogP contribution in [-0.2, 0) is 16.6 Å². The van der Waals surface area contributed by atoms with Crippen LogP contribution < -0.4 is 4.72 Å². The fraction of sp³-hybridized carbons (Fsp3) is 0.263. The highest BCUT2D eigenvalue weighted by Gasteiger charge is 2.26. The van der Waals surface area contributed by atoms with Crippen LogP contribution >= 0.6 is 23.1 Å². The van der Waals surface area contributed by atoms with Crippen LogP contribution in [-0.4, -0.2) is 29.2 Å². The molecule has 1 N–H and O–H groups in total. The maximum absolute atomic E-state index is 12.5. The number of likely N-dealkylation sites (tertiary alicyclic amines) is 1. The lowest BCUT2D eigenvalue weighted by atomic mass is 10.0. The number of sulfonamides is 1. The lowest BCUT2D eigenvalue weighted by molar-refractivity contribution is 0.248. The Balaban J connectivity index is 1.52. The van der Waals surface area contributed by atoms with Crippen molar-refractivity contribution in [3.05, 3.63) is 71.0 Å². The van der Waals surface area contributed by atoms with Crippen LogP contribution in [0.2, 0.25) is 5.02 Å². The molecule has 0 spiro atoms. The minimum atomic E-state index is -3.74. The molecule has 2 aromatic carbocycles. The van der Waals surface area contributed by atoms with E-state index >= 15 is 0 Å². The molecule has 9 heteroatoms. The Labute approximate surface area is 173 Å². The van der Waals surface area contributed by atoms with Gasteiger partial charge in [0, 0.05) is 29.1 Å². The maximum atomic E-state index is 12.5. The zero-order valence-corrected chi connectivity index (χ0v) is 17.3. The number of rotatable bonds is 6. The number of benzene rings is 2. The molecule has 4 rings (SSSR count). The van der Waals surface area contributed by atoms with E-state index in [2.05, 4.69) is 43.2 Å². The molecule has 28 heavy (non-hydrogen) atoms. The smallest absolute Gasteiger partial charge is 0.263 e. The third-order valence-corrected chi connectivity index (χ3v) is 7.24. The standard InChI is InChI=1S/C19H19ClN4O2S2/c20-17-11-16(28(25,26)23-19-21-13-22-27-19)9-8-15(17)12-24-10-4-7-18(24)14-5-2-1-3-6-14/h1-3,5-6,8-9,11,13,18H,4,7,10,12H2,(H,21,22,23)/t18-/m0/s1. The Morgan fingerprint density at radius 3 is 2.75 bits per heavy atom. The zero-order valence-electron chi connectivity index (χ0n) is 15.0. The third kappa shape index (κ3) is 4.20. The van der Waals surface area contributed by atoms with Crippen LogP contribution in [0.15, 0.2) is 59.8 Å². The SMILES string of the molecule is O=S(=O)(Nc1ncns1)c1ccc(CN2CCC[C@H]2c2ccccc2)c(Cl)c1. The van der Waals surface area contributed by atoms with E-state index in [1.54, 1.807) is 12.1 Å². The molecule has 0 unspecified atom stereocenters. The second kappa shape index (κ2) is 8.16. The number of hydrogen-bond acceptors (Lipinski definition) is 6. The summed E-state index contributed by atoms with van der Waals surface area (Å²) >= 11 is 7.43. The Bertz CT molecular complexity index is 1040. The number of nitrogens with zero attached hydrogens (tertiary/aromatic N) is 3. The molecule has 0 amide bonds. The van der Waals surface area contributed by atoms with Crippen molar-refractivity contribution < 1.29 is 8.42 Å². The molecular weight excluding hydrogens is 416 g/mol. The lowest BCUT2D eigenvalue weighted by Gasteiger charge is -2.25. The molecule has 1 atom stereocenters. The monoisotopic (exact) mass is 434 g/mol. The van der Waals surface area contributed by atoms with Gasteiger partial charge in [0.2, 0.25) is 5.13 Å². The predicted molar refractivity (Wildman–Crippen MR) is 111 cm³/mol. The molecule has 0 aliphatic carbocycles. The van der Waals surface area contributed by atoms with Gasteiger partial charge in [-0.3, -0.25) is 9.62 Å². The van der Waals surface area contributed by atoms with Gasteiger partial charge in [-0.25, -0.2) is 13.4 Å².